The highest BCUT2D eigenvalue weighted by atomic mass is 35.5. The summed E-state index contributed by atoms with van der Waals surface area (Å²) in [5, 5.41) is 11.6. The first-order valence-corrected chi connectivity index (χ1v) is 8.33. The number of ether oxygens (including phenoxy) is 2. The lowest BCUT2D eigenvalue weighted by molar-refractivity contribution is 0.355. The lowest BCUT2D eigenvalue weighted by Crippen LogP contribution is -1.96. The first kappa shape index (κ1) is 15.8. The van der Waals surface area contributed by atoms with Gasteiger partial charge in [-0.2, -0.15) is 5.10 Å². The van der Waals surface area contributed by atoms with Gasteiger partial charge in [0.05, 0.1) is 19.9 Å². The van der Waals surface area contributed by atoms with Crippen molar-refractivity contribution >= 4 is 23.1 Å². The Morgan fingerprint density at radius 2 is 1.84 bits per heavy atom. The van der Waals surface area contributed by atoms with Crippen molar-refractivity contribution in [2.24, 2.45) is 0 Å². The molecule has 2 aromatic carbocycles. The van der Waals surface area contributed by atoms with Crippen LogP contribution in [0.3, 0.4) is 0 Å². The van der Waals surface area contributed by atoms with E-state index in [1.54, 1.807) is 14.2 Å². The van der Waals surface area contributed by atoms with Crippen LogP contribution < -0.4 is 14.8 Å². The Morgan fingerprint density at radius 3 is 2.56 bits per heavy atom. The quantitative estimate of drug-likeness (QED) is 0.557. The molecular weight excluding hydrogens is 338 g/mol. The summed E-state index contributed by atoms with van der Waals surface area (Å²) in [5.41, 5.74) is 6.44. The van der Waals surface area contributed by atoms with Gasteiger partial charge in [-0.15, -0.1) is 0 Å². The molecule has 0 fully saturated rings. The van der Waals surface area contributed by atoms with Gasteiger partial charge in [-0.3, -0.25) is 5.10 Å². The zero-order valence-corrected chi connectivity index (χ0v) is 15.0. The fourth-order valence-corrected chi connectivity index (χ4v) is 3.59. The molecule has 0 saturated carbocycles. The first-order valence-electron chi connectivity index (χ1n) is 7.95. The number of hydrogen-bond acceptors (Lipinski definition) is 4. The Hall–Kier alpha value is -2.66. The topological polar surface area (TPSA) is 59.2 Å². The van der Waals surface area contributed by atoms with Crippen LogP contribution in [-0.2, 0) is 6.42 Å². The van der Waals surface area contributed by atoms with Gasteiger partial charge in [-0.1, -0.05) is 11.6 Å². The first-order chi connectivity index (χ1) is 12.1. The molecule has 25 heavy (non-hydrogen) atoms. The van der Waals surface area contributed by atoms with Crippen molar-refractivity contribution in [3.8, 4) is 22.8 Å². The largest absolute Gasteiger partial charge is 0.493 e. The van der Waals surface area contributed by atoms with Gasteiger partial charge in [0.25, 0.3) is 0 Å². The summed E-state index contributed by atoms with van der Waals surface area (Å²) in [7, 11) is 3.29. The second kappa shape index (κ2) is 6.01. The molecule has 0 radical (unpaired) electrons. The van der Waals surface area contributed by atoms with Gasteiger partial charge >= 0.3 is 0 Å². The van der Waals surface area contributed by atoms with Gasteiger partial charge in [0.1, 0.15) is 0 Å². The smallest absolute Gasteiger partial charge is 0.161 e. The molecule has 0 spiro atoms. The summed E-state index contributed by atoms with van der Waals surface area (Å²) in [5.74, 6) is 2.26. The van der Waals surface area contributed by atoms with E-state index in [9.17, 15) is 0 Å². The summed E-state index contributed by atoms with van der Waals surface area (Å²) in [6.45, 7) is 2.01. The Kier molecular flexibility index (Phi) is 3.81. The maximum Gasteiger partial charge on any atom is 0.161 e. The predicted octanol–water partition coefficient (Wildman–Crippen LogP) is 4.70. The number of nitrogens with one attached hydrogen (secondary N) is 2. The number of methoxy groups -OCH3 is 2. The van der Waals surface area contributed by atoms with Crippen molar-refractivity contribution in [1.29, 1.82) is 0 Å². The van der Waals surface area contributed by atoms with Crippen LogP contribution in [0.15, 0.2) is 30.3 Å². The molecular formula is C19H18ClN3O2. The summed E-state index contributed by atoms with van der Waals surface area (Å²) in [6.07, 6.45) is 0.781. The van der Waals surface area contributed by atoms with E-state index in [1.165, 1.54) is 5.56 Å². The molecule has 0 aliphatic heterocycles. The van der Waals surface area contributed by atoms with Gasteiger partial charge in [-0.25, -0.2) is 0 Å². The number of aromatic amines is 1. The fraction of sp³-hybridized carbons (Fsp3) is 0.211. The minimum atomic E-state index is 0.701. The minimum Gasteiger partial charge on any atom is -0.493 e. The second-order valence-corrected chi connectivity index (χ2v) is 6.55. The monoisotopic (exact) mass is 355 g/mol. The third-order valence-corrected chi connectivity index (χ3v) is 4.64. The van der Waals surface area contributed by atoms with Gasteiger partial charge < -0.3 is 14.8 Å². The van der Waals surface area contributed by atoms with E-state index >= 15 is 0 Å². The number of aromatic nitrogens is 2. The predicted molar refractivity (Wildman–Crippen MR) is 99.4 cm³/mol. The van der Waals surface area contributed by atoms with Crippen LogP contribution in [0.25, 0.3) is 11.3 Å². The molecule has 5 nitrogen and oxygen atoms in total. The van der Waals surface area contributed by atoms with Crippen LogP contribution in [-0.4, -0.2) is 24.4 Å². The van der Waals surface area contributed by atoms with Gasteiger partial charge in [0.15, 0.2) is 17.3 Å². The van der Waals surface area contributed by atoms with Crippen molar-refractivity contribution in [3.05, 3.63) is 52.0 Å². The molecule has 4 rings (SSSR count). The number of anilines is 2. The van der Waals surface area contributed by atoms with Crippen LogP contribution in [0, 0.1) is 6.92 Å². The molecule has 6 heteroatoms. The SMILES string of the molecule is COc1cc2c(cc1OC)-c1[nH]nc(Nc3cc(C)cc(Cl)c3)c1C2. The maximum atomic E-state index is 6.15. The van der Waals surface area contributed by atoms with Crippen molar-refractivity contribution in [2.45, 2.75) is 13.3 Å². The molecule has 0 unspecified atom stereocenters. The average Bonchev–Trinajstić information content (AvgIpc) is 3.12. The molecule has 1 heterocycles. The lowest BCUT2D eigenvalue weighted by Gasteiger charge is -2.10. The molecule has 128 valence electrons. The molecule has 0 amide bonds. The van der Waals surface area contributed by atoms with Crippen LogP contribution in [0.1, 0.15) is 16.7 Å². The molecule has 3 aromatic rings. The highest BCUT2D eigenvalue weighted by Gasteiger charge is 2.26. The summed E-state index contributed by atoms with van der Waals surface area (Å²) in [4.78, 5) is 0. The minimum absolute atomic E-state index is 0.701. The van der Waals surface area contributed by atoms with E-state index in [-0.39, 0.29) is 0 Å². The number of rotatable bonds is 4. The van der Waals surface area contributed by atoms with Crippen molar-refractivity contribution in [1.82, 2.24) is 10.2 Å². The molecule has 2 N–H and O–H groups in total. The van der Waals surface area contributed by atoms with Gasteiger partial charge in [0, 0.05) is 28.3 Å². The summed E-state index contributed by atoms with van der Waals surface area (Å²) >= 11 is 6.15. The fourth-order valence-electron chi connectivity index (χ4n) is 3.30. The van der Waals surface area contributed by atoms with E-state index in [0.29, 0.717) is 10.8 Å². The second-order valence-electron chi connectivity index (χ2n) is 6.11. The number of fused-ring (bicyclic) bond motifs is 3. The van der Waals surface area contributed by atoms with E-state index in [1.807, 2.05) is 37.3 Å². The number of aryl methyl sites for hydroxylation is 1. The Bertz CT molecular complexity index is 945. The summed E-state index contributed by atoms with van der Waals surface area (Å²) in [6, 6.07) is 9.88. The number of halogens is 1. The van der Waals surface area contributed by atoms with E-state index in [2.05, 4.69) is 15.5 Å². The molecule has 0 atom stereocenters. The van der Waals surface area contributed by atoms with E-state index < -0.39 is 0 Å². The normalized spacial score (nSPS) is 11.8. The maximum absolute atomic E-state index is 6.15. The highest BCUT2D eigenvalue weighted by Crippen LogP contribution is 2.44. The van der Waals surface area contributed by atoms with Crippen molar-refractivity contribution in [3.63, 3.8) is 0 Å². The van der Waals surface area contributed by atoms with Crippen molar-refractivity contribution < 1.29 is 9.47 Å². The average molecular weight is 356 g/mol. The van der Waals surface area contributed by atoms with Crippen LogP contribution in [0.5, 0.6) is 11.5 Å². The zero-order valence-electron chi connectivity index (χ0n) is 14.2. The van der Waals surface area contributed by atoms with Crippen LogP contribution in [0.4, 0.5) is 11.5 Å². The Balaban J connectivity index is 1.71. The molecule has 0 saturated heterocycles. The van der Waals surface area contributed by atoms with Crippen LogP contribution in [0.2, 0.25) is 5.02 Å². The number of benzene rings is 2. The number of H-pyrrole nitrogens is 1. The van der Waals surface area contributed by atoms with E-state index in [4.69, 9.17) is 21.1 Å². The van der Waals surface area contributed by atoms with Gasteiger partial charge in [-0.05, 0) is 48.4 Å². The highest BCUT2D eigenvalue weighted by molar-refractivity contribution is 6.30. The molecule has 1 aromatic heterocycles. The lowest BCUT2D eigenvalue weighted by atomic mass is 10.1. The molecule has 0 bridgehead atoms. The Labute approximate surface area is 150 Å². The van der Waals surface area contributed by atoms with Gasteiger partial charge in [0.2, 0.25) is 0 Å². The van der Waals surface area contributed by atoms with Crippen LogP contribution >= 0.6 is 11.6 Å². The van der Waals surface area contributed by atoms with E-state index in [0.717, 1.165) is 46.1 Å². The number of nitrogens with zero attached hydrogens (tertiary/aromatic N) is 1. The number of hydrogen-bond donors (Lipinski definition) is 2. The third kappa shape index (κ3) is 2.70. The van der Waals surface area contributed by atoms with Crippen molar-refractivity contribution in [2.75, 3.05) is 19.5 Å². The third-order valence-electron chi connectivity index (χ3n) is 4.42. The standard InChI is InChI=1S/C19H18ClN3O2/c1-10-4-12(20)8-13(5-10)21-19-15-6-11-7-16(24-2)17(25-3)9-14(11)18(15)22-23-19/h4-5,7-9H,6H2,1-3H3,(H2,21,22,23). The Morgan fingerprint density at radius 1 is 1.08 bits per heavy atom. The molecule has 1 aliphatic carbocycles. The summed E-state index contributed by atoms with van der Waals surface area (Å²) < 4.78 is 10.8. The molecule has 1 aliphatic rings. The zero-order chi connectivity index (χ0) is 17.6.